The lowest BCUT2D eigenvalue weighted by Crippen LogP contribution is -2.11. The predicted molar refractivity (Wildman–Crippen MR) is 339 cm³/mol. The van der Waals surface area contributed by atoms with Crippen LogP contribution >= 0.6 is 0 Å². The fourth-order valence-corrected chi connectivity index (χ4v) is 9.89. The number of azo groups is 4. The van der Waals surface area contributed by atoms with Gasteiger partial charge < -0.3 is 34.7 Å². The number of aryl methyl sites for hydroxylation is 3. The lowest BCUT2D eigenvalue weighted by atomic mass is 10.1. The van der Waals surface area contributed by atoms with E-state index in [1.807, 2.05) is 97.9 Å². The summed E-state index contributed by atoms with van der Waals surface area (Å²) in [5, 5.41) is 56.5. The zero-order valence-electron chi connectivity index (χ0n) is 48.6. The molecule has 24 heteroatoms. The Hall–Kier alpha value is -10.0. The van der Waals surface area contributed by atoms with Crippen LogP contribution in [0.3, 0.4) is 0 Å². The first-order valence-electron chi connectivity index (χ1n) is 27.8. The molecule has 88 heavy (non-hydrogen) atoms. The molecule has 0 heterocycles. The van der Waals surface area contributed by atoms with Gasteiger partial charge in [-0.15, -0.1) is 20.5 Å². The third kappa shape index (κ3) is 16.9. The van der Waals surface area contributed by atoms with Crippen molar-refractivity contribution in [3.05, 3.63) is 180 Å². The van der Waals surface area contributed by atoms with Crippen molar-refractivity contribution in [1.29, 1.82) is 0 Å². The van der Waals surface area contributed by atoms with E-state index in [0.717, 1.165) is 39.7 Å². The van der Waals surface area contributed by atoms with E-state index in [1.54, 1.807) is 87.5 Å². The molecular formula is C64H62N10O12S2. The molecule has 9 rings (SSSR count). The number of hydrogen-bond donors (Lipinski definition) is 5. The number of para-hydroxylation sites is 1. The molecule has 0 bridgehead atoms. The van der Waals surface area contributed by atoms with Gasteiger partial charge in [0, 0.05) is 51.6 Å². The second-order valence-corrected chi connectivity index (χ2v) is 23.3. The summed E-state index contributed by atoms with van der Waals surface area (Å²) in [4.78, 5) is 13.3. The number of rotatable bonds is 26. The first-order valence-corrected chi connectivity index (χ1v) is 31.0. The molecule has 9 aromatic carbocycles. The number of nitrogens with one attached hydrogen (secondary N) is 2. The zero-order valence-corrected chi connectivity index (χ0v) is 50.2. The first-order chi connectivity index (χ1) is 42.3. The van der Waals surface area contributed by atoms with Crippen LogP contribution in [0.1, 0.15) is 53.2 Å². The van der Waals surface area contributed by atoms with Crippen LogP contribution in [0.15, 0.2) is 199 Å². The Morgan fingerprint density at radius 2 is 0.966 bits per heavy atom. The van der Waals surface area contributed by atoms with Crippen LogP contribution in [0.2, 0.25) is 0 Å². The molecule has 22 nitrogen and oxygen atoms in total. The Morgan fingerprint density at radius 1 is 0.466 bits per heavy atom. The molecule has 0 radical (unpaired) electrons. The van der Waals surface area contributed by atoms with Crippen molar-refractivity contribution in [2.75, 3.05) is 49.1 Å². The molecule has 0 spiro atoms. The molecule has 0 saturated heterocycles. The standard InChI is InChI=1S/C64H62N10O12S2/c1-6-27-84-59-16-10-13-44-35-49(22-24-50(44)59)66-64(76)43-17-20-47(21-18-43)67-69-54-38-61(85-28-11-30-87(77,78)79)57(33-41(54)3)74-71-55-39-62(86-29-12-31-88(80,81)82)58(34-42(55)4)73-70-53-37-60(83-5)56(32-40(53)2)72-68-52-26-19-45-36-48(23-25-51(45)63(52)75)65-46-14-8-7-9-15-46/h7-10,13-26,32-39,65,75H,6,11-12,27-31H2,1-5H3,(H,66,76)(H,77,78,79)(H,80,81,82). The van der Waals surface area contributed by atoms with E-state index in [1.165, 1.54) is 7.11 Å². The molecule has 0 aliphatic rings. The Morgan fingerprint density at radius 3 is 1.55 bits per heavy atom. The van der Waals surface area contributed by atoms with Gasteiger partial charge in [0.1, 0.15) is 45.7 Å². The second kappa shape index (κ2) is 28.5. The van der Waals surface area contributed by atoms with E-state index in [0.29, 0.717) is 74.1 Å². The zero-order chi connectivity index (χ0) is 62.4. The number of carbonyl (C=O) groups is 1. The van der Waals surface area contributed by atoms with Gasteiger partial charge in [-0.3, -0.25) is 13.9 Å². The average Bonchev–Trinajstić information content (AvgIpc) is 3.63. The summed E-state index contributed by atoms with van der Waals surface area (Å²) in [5.41, 5.74) is 7.16. The summed E-state index contributed by atoms with van der Waals surface area (Å²) in [6, 6.07) is 46.6. The third-order valence-corrected chi connectivity index (χ3v) is 15.1. The molecule has 0 aromatic heterocycles. The molecule has 0 aliphatic carbocycles. The first kappa shape index (κ1) is 62.5. The minimum atomic E-state index is -4.29. The van der Waals surface area contributed by atoms with Crippen LogP contribution in [-0.4, -0.2) is 75.4 Å². The maximum absolute atomic E-state index is 13.3. The largest absolute Gasteiger partial charge is 0.505 e. The van der Waals surface area contributed by atoms with Crippen molar-refractivity contribution in [3.8, 4) is 28.7 Å². The predicted octanol–water partition coefficient (Wildman–Crippen LogP) is 17.4. The minimum Gasteiger partial charge on any atom is -0.505 e. The number of ether oxygens (including phenoxy) is 4. The molecule has 0 atom stereocenters. The average molecular weight is 1230 g/mol. The number of phenolic OH excluding ortho intramolecular Hbond substituents is 1. The van der Waals surface area contributed by atoms with Gasteiger partial charge in [0.15, 0.2) is 5.75 Å². The van der Waals surface area contributed by atoms with Crippen molar-refractivity contribution in [2.24, 2.45) is 40.9 Å². The van der Waals surface area contributed by atoms with Crippen molar-refractivity contribution in [3.63, 3.8) is 0 Å². The van der Waals surface area contributed by atoms with Gasteiger partial charge >= 0.3 is 0 Å². The van der Waals surface area contributed by atoms with E-state index in [9.17, 15) is 35.8 Å². The van der Waals surface area contributed by atoms with E-state index in [-0.39, 0.29) is 66.3 Å². The summed E-state index contributed by atoms with van der Waals surface area (Å²) in [6.07, 6.45) is 0.757. The van der Waals surface area contributed by atoms with Gasteiger partial charge in [0.25, 0.3) is 26.1 Å². The molecule has 0 fully saturated rings. The van der Waals surface area contributed by atoms with E-state index in [4.69, 9.17) is 18.9 Å². The molecule has 0 unspecified atom stereocenters. The normalized spacial score (nSPS) is 12.0. The monoisotopic (exact) mass is 1230 g/mol. The number of aromatic hydroxyl groups is 1. The number of nitrogens with zero attached hydrogens (tertiary/aromatic N) is 8. The molecule has 9 aromatic rings. The maximum atomic E-state index is 13.3. The number of anilines is 3. The number of hydrogen-bond acceptors (Lipinski definition) is 19. The molecule has 0 saturated carbocycles. The van der Waals surface area contributed by atoms with Gasteiger partial charge in [-0.2, -0.15) is 37.3 Å². The Bertz CT molecular complexity index is 4390. The molecule has 452 valence electrons. The number of phenols is 1. The highest BCUT2D eigenvalue weighted by Gasteiger charge is 2.17. The highest BCUT2D eigenvalue weighted by molar-refractivity contribution is 7.86. The summed E-state index contributed by atoms with van der Waals surface area (Å²) >= 11 is 0. The summed E-state index contributed by atoms with van der Waals surface area (Å²) < 4.78 is 88.7. The van der Waals surface area contributed by atoms with Crippen LogP contribution in [0, 0.1) is 20.8 Å². The fraction of sp³-hybridized carbons (Fsp3) is 0.203. The highest BCUT2D eigenvalue weighted by atomic mass is 32.2. The minimum absolute atomic E-state index is 0.0438. The number of fused-ring (bicyclic) bond motifs is 2. The second-order valence-electron chi connectivity index (χ2n) is 20.2. The van der Waals surface area contributed by atoms with Crippen LogP contribution in [0.4, 0.5) is 62.6 Å². The van der Waals surface area contributed by atoms with Gasteiger partial charge in [-0.1, -0.05) is 43.3 Å². The summed E-state index contributed by atoms with van der Waals surface area (Å²) in [6.45, 7) is 7.67. The molecular weight excluding hydrogens is 1160 g/mol. The number of amides is 1. The molecule has 5 N–H and O–H groups in total. The van der Waals surface area contributed by atoms with Crippen LogP contribution < -0.4 is 29.6 Å². The quantitative estimate of drug-likeness (QED) is 0.0192. The van der Waals surface area contributed by atoms with Crippen molar-refractivity contribution < 1.29 is 54.8 Å². The topological polar surface area (TPSA) is 306 Å². The van der Waals surface area contributed by atoms with Crippen LogP contribution in [0.25, 0.3) is 21.5 Å². The Kier molecular flexibility index (Phi) is 20.2. The number of methoxy groups -OCH3 is 1. The summed E-state index contributed by atoms with van der Waals surface area (Å²) in [7, 11) is -7.11. The Balaban J connectivity index is 0.931. The number of carbonyl (C=O) groups excluding carboxylic acids is 1. The summed E-state index contributed by atoms with van der Waals surface area (Å²) in [5.74, 6) is -0.0879. The van der Waals surface area contributed by atoms with Crippen molar-refractivity contribution >= 4 is 110 Å². The SMILES string of the molecule is CCCOc1cccc2cc(NC(=O)c3ccc(N=Nc4cc(OCCCS(=O)(=O)O)c(N=Nc5cc(OCCCS(=O)(=O)O)c(N=Nc6cc(OC)c(N=Nc7ccc8cc(Nc9ccccc9)ccc8c7O)cc6C)cc5C)cc4C)cc3)ccc12. The van der Waals surface area contributed by atoms with E-state index < -0.39 is 31.7 Å². The molecule has 1 amide bonds. The number of benzene rings is 9. The lowest BCUT2D eigenvalue weighted by Gasteiger charge is -2.12. The van der Waals surface area contributed by atoms with E-state index in [2.05, 4.69) is 51.5 Å². The smallest absolute Gasteiger partial charge is 0.264 e. The van der Waals surface area contributed by atoms with Gasteiger partial charge in [0.2, 0.25) is 0 Å². The van der Waals surface area contributed by atoms with Crippen LogP contribution in [-0.2, 0) is 20.2 Å². The van der Waals surface area contributed by atoms with Gasteiger partial charge in [-0.25, -0.2) is 0 Å². The molecule has 0 aliphatic heterocycles. The van der Waals surface area contributed by atoms with Crippen molar-refractivity contribution in [1.82, 2.24) is 0 Å². The third-order valence-electron chi connectivity index (χ3n) is 13.5. The maximum Gasteiger partial charge on any atom is 0.264 e. The fourth-order valence-electron chi connectivity index (χ4n) is 8.92. The van der Waals surface area contributed by atoms with Gasteiger partial charge in [-0.05, 0) is 171 Å². The highest BCUT2D eigenvalue weighted by Crippen LogP contribution is 2.43. The van der Waals surface area contributed by atoms with E-state index >= 15 is 0 Å². The van der Waals surface area contributed by atoms with Crippen molar-refractivity contribution in [2.45, 2.75) is 47.0 Å². The van der Waals surface area contributed by atoms with Gasteiger partial charge in [0.05, 0.1) is 61.2 Å². The van der Waals surface area contributed by atoms with Crippen LogP contribution in [0.5, 0.6) is 28.7 Å². The lowest BCUT2D eigenvalue weighted by molar-refractivity contribution is 0.102. The Labute approximate surface area is 508 Å².